The van der Waals surface area contributed by atoms with E-state index < -0.39 is 0 Å². The molecule has 48 heavy (non-hydrogen) atoms. The quantitative estimate of drug-likeness (QED) is 0.151. The monoisotopic (exact) mass is 632 g/mol. The zero-order valence-corrected chi connectivity index (χ0v) is 28.9. The van der Waals surface area contributed by atoms with Crippen LogP contribution in [0.3, 0.4) is 0 Å². The highest BCUT2D eigenvalue weighted by atomic mass is 16.5. The lowest BCUT2D eigenvalue weighted by molar-refractivity contribution is 0.483. The van der Waals surface area contributed by atoms with E-state index >= 15 is 0 Å². The lowest BCUT2D eigenvalue weighted by Gasteiger charge is -2.20. The Balaban J connectivity index is 1.24. The molecule has 0 aliphatic heterocycles. The molecule has 5 nitrogen and oxygen atoms in total. The Morgan fingerprint density at radius 2 is 1.50 bits per heavy atom. The molecule has 0 atom stereocenters. The average molecular weight is 633 g/mol. The van der Waals surface area contributed by atoms with Crippen LogP contribution in [0.2, 0.25) is 0 Å². The van der Waals surface area contributed by atoms with Gasteiger partial charge in [0.2, 0.25) is 0 Å². The van der Waals surface area contributed by atoms with Crippen LogP contribution in [-0.2, 0) is 19.3 Å². The molecule has 0 spiro atoms. The van der Waals surface area contributed by atoms with Gasteiger partial charge in [-0.2, -0.15) is 5.10 Å². The predicted molar refractivity (Wildman–Crippen MR) is 199 cm³/mol. The Morgan fingerprint density at radius 3 is 2.29 bits per heavy atom. The van der Waals surface area contributed by atoms with Gasteiger partial charge in [-0.3, -0.25) is 4.57 Å². The van der Waals surface area contributed by atoms with Gasteiger partial charge in [-0.25, -0.2) is 9.67 Å². The molecule has 4 aromatic carbocycles. The summed E-state index contributed by atoms with van der Waals surface area (Å²) in [6, 6.07) is 31.8. The molecule has 0 unspecified atom stereocenters. The summed E-state index contributed by atoms with van der Waals surface area (Å²) in [5.74, 6) is 3.56. The second-order valence-corrected chi connectivity index (χ2v) is 13.8. The summed E-state index contributed by atoms with van der Waals surface area (Å²) >= 11 is 0. The topological polar surface area (TPSA) is 44.9 Å². The van der Waals surface area contributed by atoms with E-state index in [0.717, 1.165) is 53.3 Å². The van der Waals surface area contributed by atoms with E-state index in [1.807, 2.05) is 35.3 Å². The Kier molecular flexibility index (Phi) is 8.62. The smallest absolute Gasteiger partial charge is 0.137 e. The molecule has 0 radical (unpaired) electrons. The number of nitrogens with zero attached hydrogens (tertiary/aromatic N) is 4. The highest BCUT2D eigenvalue weighted by Gasteiger charge is 2.19. The van der Waals surface area contributed by atoms with Gasteiger partial charge in [-0.1, -0.05) is 71.0 Å². The fourth-order valence-electron chi connectivity index (χ4n) is 7.00. The van der Waals surface area contributed by atoms with E-state index in [-0.39, 0.29) is 0 Å². The number of fused-ring (bicyclic) bond motifs is 3. The number of benzene rings is 4. The first-order valence-corrected chi connectivity index (χ1v) is 17.2. The number of rotatable bonds is 10. The van der Waals surface area contributed by atoms with E-state index in [2.05, 4.69) is 125 Å². The molecule has 7 aromatic rings. The summed E-state index contributed by atoms with van der Waals surface area (Å²) in [7, 11) is 0. The predicted octanol–water partition coefficient (Wildman–Crippen LogP) is 11.1. The average Bonchev–Trinajstić information content (AvgIpc) is 3.68. The SMILES string of the molecule is CCc1ccc(CC(C)C)c(-c2cnn(-c3cccc(Oc4ccc5c6ccccc6n(-c6cc(C)ccn6)c5c4)c3)c2)c1CC(C)C. The second kappa shape index (κ2) is 13.2. The van der Waals surface area contributed by atoms with Gasteiger partial charge < -0.3 is 4.74 Å². The number of aromatic nitrogens is 4. The Bertz CT molecular complexity index is 2240. The molecule has 7 rings (SSSR count). The lowest BCUT2D eigenvalue weighted by atomic mass is 9.84. The third-order valence-corrected chi connectivity index (χ3v) is 9.08. The first-order valence-electron chi connectivity index (χ1n) is 17.2. The molecule has 242 valence electrons. The first kappa shape index (κ1) is 31.4. The van der Waals surface area contributed by atoms with Crippen LogP contribution in [-0.4, -0.2) is 19.3 Å². The van der Waals surface area contributed by atoms with Crippen molar-refractivity contribution in [3.63, 3.8) is 0 Å². The van der Waals surface area contributed by atoms with Crippen molar-refractivity contribution in [1.29, 1.82) is 0 Å². The second-order valence-electron chi connectivity index (χ2n) is 13.8. The van der Waals surface area contributed by atoms with Crippen molar-refractivity contribution >= 4 is 21.8 Å². The molecule has 0 fully saturated rings. The largest absolute Gasteiger partial charge is 0.457 e. The van der Waals surface area contributed by atoms with Crippen molar-refractivity contribution in [3.8, 4) is 34.1 Å². The molecule has 0 N–H and O–H groups in total. The highest BCUT2D eigenvalue weighted by Crippen LogP contribution is 2.37. The van der Waals surface area contributed by atoms with Crippen LogP contribution in [0.15, 0.2) is 110 Å². The van der Waals surface area contributed by atoms with Crippen LogP contribution in [0, 0.1) is 18.8 Å². The number of hydrogen-bond acceptors (Lipinski definition) is 3. The van der Waals surface area contributed by atoms with Gasteiger partial charge in [0.25, 0.3) is 0 Å². The normalized spacial score (nSPS) is 11.8. The van der Waals surface area contributed by atoms with Crippen molar-refractivity contribution in [2.75, 3.05) is 0 Å². The van der Waals surface area contributed by atoms with Gasteiger partial charge in [-0.15, -0.1) is 0 Å². The highest BCUT2D eigenvalue weighted by molar-refractivity contribution is 6.09. The van der Waals surface area contributed by atoms with Crippen LogP contribution in [0.4, 0.5) is 0 Å². The molecular weight excluding hydrogens is 589 g/mol. The number of hydrogen-bond donors (Lipinski definition) is 0. The Hall–Kier alpha value is -5.16. The summed E-state index contributed by atoms with van der Waals surface area (Å²) in [4.78, 5) is 4.73. The number of aryl methyl sites for hydroxylation is 2. The minimum atomic E-state index is 0.570. The van der Waals surface area contributed by atoms with E-state index in [0.29, 0.717) is 11.8 Å². The van der Waals surface area contributed by atoms with Crippen molar-refractivity contribution in [2.24, 2.45) is 11.8 Å². The van der Waals surface area contributed by atoms with Crippen LogP contribution in [0.5, 0.6) is 11.5 Å². The molecule has 3 heterocycles. The first-order chi connectivity index (χ1) is 23.3. The number of pyridine rings is 1. The summed E-state index contributed by atoms with van der Waals surface area (Å²) < 4.78 is 10.7. The van der Waals surface area contributed by atoms with Gasteiger partial charge in [0.15, 0.2) is 0 Å². The molecule has 0 aliphatic carbocycles. The summed E-state index contributed by atoms with van der Waals surface area (Å²) in [5.41, 5.74) is 11.2. The minimum absolute atomic E-state index is 0.570. The third kappa shape index (κ3) is 6.13. The molecule has 0 aliphatic rings. The van der Waals surface area contributed by atoms with Crippen LogP contribution in [0.25, 0.3) is 44.4 Å². The maximum Gasteiger partial charge on any atom is 0.137 e. The maximum absolute atomic E-state index is 6.53. The van der Waals surface area contributed by atoms with E-state index in [1.54, 1.807) is 0 Å². The van der Waals surface area contributed by atoms with Crippen LogP contribution >= 0.6 is 0 Å². The van der Waals surface area contributed by atoms with Crippen molar-refractivity contribution in [3.05, 3.63) is 132 Å². The number of para-hydroxylation sites is 1. The van der Waals surface area contributed by atoms with Gasteiger partial charge in [0.1, 0.15) is 17.3 Å². The number of ether oxygens (including phenoxy) is 1. The fourth-order valence-corrected chi connectivity index (χ4v) is 7.00. The third-order valence-electron chi connectivity index (χ3n) is 9.08. The van der Waals surface area contributed by atoms with Gasteiger partial charge >= 0.3 is 0 Å². The molecule has 3 aromatic heterocycles. The maximum atomic E-state index is 6.53. The van der Waals surface area contributed by atoms with Gasteiger partial charge in [0.05, 0.1) is 22.9 Å². The molecule has 0 bridgehead atoms. The molecule has 0 saturated heterocycles. The Morgan fingerprint density at radius 1 is 0.729 bits per heavy atom. The van der Waals surface area contributed by atoms with Crippen molar-refractivity contribution < 1.29 is 4.74 Å². The van der Waals surface area contributed by atoms with E-state index in [9.17, 15) is 0 Å². The van der Waals surface area contributed by atoms with Gasteiger partial charge in [-0.05, 0) is 108 Å². The van der Waals surface area contributed by atoms with Crippen LogP contribution < -0.4 is 4.74 Å². The minimum Gasteiger partial charge on any atom is -0.457 e. The standard InChI is InChI=1S/C43H44N4O/c1-7-31-15-16-32(21-28(2)3)43(39(31)22-29(4)5)33-26-45-46(27-33)34-11-10-12-35(24-34)48-36-17-18-38-37-13-8-9-14-40(37)47(41(38)25-36)42-23-30(6)19-20-44-42/h8-20,23-29H,7,21-22H2,1-6H3. The molecule has 0 saturated carbocycles. The summed E-state index contributed by atoms with van der Waals surface area (Å²) in [5, 5.41) is 7.23. The summed E-state index contributed by atoms with van der Waals surface area (Å²) in [6.45, 7) is 13.6. The van der Waals surface area contributed by atoms with Gasteiger partial charge in [0, 0.05) is 40.9 Å². The van der Waals surface area contributed by atoms with Crippen molar-refractivity contribution in [2.45, 2.75) is 60.8 Å². The van der Waals surface area contributed by atoms with Crippen molar-refractivity contribution in [1.82, 2.24) is 19.3 Å². The lowest BCUT2D eigenvalue weighted by Crippen LogP contribution is -2.06. The summed E-state index contributed by atoms with van der Waals surface area (Å²) in [6.07, 6.45) is 9.21. The fraction of sp³-hybridized carbons (Fsp3) is 0.256. The van der Waals surface area contributed by atoms with E-state index in [4.69, 9.17) is 14.8 Å². The molecular formula is C43H44N4O. The van der Waals surface area contributed by atoms with Crippen LogP contribution in [0.1, 0.15) is 56.9 Å². The zero-order valence-electron chi connectivity index (χ0n) is 28.9. The molecule has 5 heteroatoms. The molecule has 0 amide bonds. The zero-order chi connectivity index (χ0) is 33.4. The van der Waals surface area contributed by atoms with E-state index in [1.165, 1.54) is 44.2 Å². The Labute approximate surface area is 283 Å².